The maximum atomic E-state index is 12.3. The van der Waals surface area contributed by atoms with Gasteiger partial charge >= 0.3 is 0 Å². The highest BCUT2D eigenvalue weighted by Gasteiger charge is 2.31. The van der Waals surface area contributed by atoms with Gasteiger partial charge in [0, 0.05) is 18.4 Å². The summed E-state index contributed by atoms with van der Waals surface area (Å²) in [5.74, 6) is -0.111. The normalized spacial score (nSPS) is 20.4. The van der Waals surface area contributed by atoms with Gasteiger partial charge in [0.25, 0.3) is 0 Å². The smallest absolute Gasteiger partial charge is 0.240 e. The van der Waals surface area contributed by atoms with E-state index >= 15 is 0 Å². The van der Waals surface area contributed by atoms with E-state index in [0.717, 1.165) is 11.1 Å². The average Bonchev–Trinajstić information content (AvgIpc) is 2.86. The van der Waals surface area contributed by atoms with Crippen LogP contribution in [0.2, 0.25) is 0 Å². The molecule has 8 heteroatoms. The Hall–Kier alpha value is -1.77. The summed E-state index contributed by atoms with van der Waals surface area (Å²) in [4.78, 5) is 4.15. The van der Waals surface area contributed by atoms with Gasteiger partial charge in [-0.25, -0.2) is 21.6 Å². The zero-order valence-corrected chi connectivity index (χ0v) is 13.8. The summed E-state index contributed by atoms with van der Waals surface area (Å²) in [6.07, 6.45) is 3.68. The molecule has 0 spiro atoms. The van der Waals surface area contributed by atoms with Crippen LogP contribution in [0.1, 0.15) is 6.42 Å². The Morgan fingerprint density at radius 2 is 1.83 bits per heavy atom. The summed E-state index contributed by atoms with van der Waals surface area (Å²) < 4.78 is 50.0. The molecule has 0 saturated carbocycles. The molecule has 2 heterocycles. The van der Waals surface area contributed by atoms with Crippen LogP contribution >= 0.6 is 0 Å². The molecule has 1 N–H and O–H groups in total. The third-order valence-electron chi connectivity index (χ3n) is 3.71. The van der Waals surface area contributed by atoms with Crippen molar-refractivity contribution in [2.75, 3.05) is 11.5 Å². The maximum absolute atomic E-state index is 12.3. The maximum Gasteiger partial charge on any atom is 0.240 e. The predicted molar refractivity (Wildman–Crippen MR) is 87.1 cm³/mol. The van der Waals surface area contributed by atoms with E-state index in [0.29, 0.717) is 6.42 Å². The minimum atomic E-state index is -3.72. The zero-order valence-electron chi connectivity index (χ0n) is 12.2. The summed E-state index contributed by atoms with van der Waals surface area (Å²) in [7, 11) is -6.85. The Labute approximate surface area is 135 Å². The first-order valence-corrected chi connectivity index (χ1v) is 10.4. The lowest BCUT2D eigenvalue weighted by atomic mass is 10.1. The van der Waals surface area contributed by atoms with Crippen molar-refractivity contribution in [3.63, 3.8) is 0 Å². The number of aromatic nitrogens is 1. The molecule has 0 aliphatic carbocycles. The molecule has 2 aromatic rings. The molecule has 1 atom stereocenters. The highest BCUT2D eigenvalue weighted by molar-refractivity contribution is 7.92. The fourth-order valence-electron chi connectivity index (χ4n) is 2.54. The second-order valence-corrected chi connectivity index (χ2v) is 9.43. The van der Waals surface area contributed by atoms with Gasteiger partial charge in [-0.3, -0.25) is 4.98 Å². The average molecular weight is 352 g/mol. The van der Waals surface area contributed by atoms with Crippen molar-refractivity contribution in [1.82, 2.24) is 9.71 Å². The van der Waals surface area contributed by atoms with Crippen LogP contribution in [0.4, 0.5) is 0 Å². The van der Waals surface area contributed by atoms with Gasteiger partial charge < -0.3 is 0 Å². The Bertz CT molecular complexity index is 892. The molecule has 0 amide bonds. The molecule has 1 aliphatic heterocycles. The Balaban J connectivity index is 1.78. The summed E-state index contributed by atoms with van der Waals surface area (Å²) in [5.41, 5.74) is 1.76. The number of sulfonamides is 1. The number of hydrogen-bond donors (Lipinski definition) is 1. The fraction of sp³-hybridized carbons (Fsp3) is 0.267. The van der Waals surface area contributed by atoms with Gasteiger partial charge in [0.15, 0.2) is 9.84 Å². The van der Waals surface area contributed by atoms with Crippen LogP contribution in [-0.4, -0.2) is 39.4 Å². The van der Waals surface area contributed by atoms with Crippen molar-refractivity contribution in [1.29, 1.82) is 0 Å². The first-order chi connectivity index (χ1) is 10.9. The van der Waals surface area contributed by atoms with Crippen LogP contribution in [0.25, 0.3) is 11.1 Å². The minimum Gasteiger partial charge on any atom is -0.264 e. The van der Waals surface area contributed by atoms with E-state index in [9.17, 15) is 16.8 Å². The van der Waals surface area contributed by atoms with Crippen molar-refractivity contribution in [3.05, 3.63) is 48.8 Å². The number of nitrogens with zero attached hydrogens (tertiary/aromatic N) is 1. The van der Waals surface area contributed by atoms with E-state index in [1.54, 1.807) is 24.5 Å². The van der Waals surface area contributed by atoms with Crippen molar-refractivity contribution in [2.24, 2.45) is 0 Å². The van der Waals surface area contributed by atoms with Crippen molar-refractivity contribution in [2.45, 2.75) is 17.4 Å². The number of hydrogen-bond acceptors (Lipinski definition) is 5. The van der Waals surface area contributed by atoms with Crippen molar-refractivity contribution >= 4 is 19.9 Å². The summed E-state index contributed by atoms with van der Waals surface area (Å²) in [5, 5.41) is 0. The highest BCUT2D eigenvalue weighted by Crippen LogP contribution is 2.21. The SMILES string of the molecule is O=S1(=O)CCC(NS(=O)(=O)c2ccc(-c3cccnc3)cc2)C1. The second kappa shape index (κ2) is 6.03. The first kappa shape index (κ1) is 16.1. The summed E-state index contributed by atoms with van der Waals surface area (Å²) in [6, 6.07) is 9.57. The molecule has 1 saturated heterocycles. The standard InChI is InChI=1S/C15H16N2O4S2/c18-22(19)9-7-14(11-22)17-23(20,21)15-5-3-12(4-6-15)13-2-1-8-16-10-13/h1-6,8,10,14,17H,7,9,11H2. The molecule has 122 valence electrons. The van der Waals surface area contributed by atoms with E-state index in [4.69, 9.17) is 0 Å². The molecule has 6 nitrogen and oxygen atoms in total. The van der Waals surface area contributed by atoms with Crippen LogP contribution in [-0.2, 0) is 19.9 Å². The van der Waals surface area contributed by atoms with Gasteiger partial charge in [0.05, 0.1) is 16.4 Å². The molecular formula is C15H16N2O4S2. The van der Waals surface area contributed by atoms with Gasteiger partial charge in [-0.15, -0.1) is 0 Å². The van der Waals surface area contributed by atoms with Crippen molar-refractivity contribution < 1.29 is 16.8 Å². The lowest BCUT2D eigenvalue weighted by molar-refractivity contribution is 0.562. The Kier molecular flexibility index (Phi) is 4.22. The highest BCUT2D eigenvalue weighted by atomic mass is 32.2. The quantitative estimate of drug-likeness (QED) is 0.893. The molecule has 1 unspecified atom stereocenters. The van der Waals surface area contributed by atoms with Crippen LogP contribution in [0, 0.1) is 0 Å². The third kappa shape index (κ3) is 3.77. The number of pyridine rings is 1. The number of sulfone groups is 1. The van der Waals surface area contributed by atoms with Crippen LogP contribution < -0.4 is 4.72 Å². The summed E-state index contributed by atoms with van der Waals surface area (Å²) >= 11 is 0. The van der Waals surface area contributed by atoms with E-state index in [1.807, 2.05) is 12.1 Å². The molecule has 1 aromatic heterocycles. The van der Waals surface area contributed by atoms with Crippen LogP contribution in [0.3, 0.4) is 0 Å². The first-order valence-electron chi connectivity index (χ1n) is 7.09. The van der Waals surface area contributed by atoms with E-state index in [-0.39, 0.29) is 16.4 Å². The van der Waals surface area contributed by atoms with E-state index in [2.05, 4.69) is 9.71 Å². The zero-order chi connectivity index (χ0) is 16.5. The minimum absolute atomic E-state index is 0.0279. The lowest BCUT2D eigenvalue weighted by Gasteiger charge is -2.12. The number of benzene rings is 1. The Morgan fingerprint density at radius 3 is 2.39 bits per heavy atom. The van der Waals surface area contributed by atoms with Gasteiger partial charge in [-0.05, 0) is 35.7 Å². The molecular weight excluding hydrogens is 336 g/mol. The largest absolute Gasteiger partial charge is 0.264 e. The van der Waals surface area contributed by atoms with E-state index < -0.39 is 25.9 Å². The lowest BCUT2D eigenvalue weighted by Crippen LogP contribution is -2.35. The third-order valence-corrected chi connectivity index (χ3v) is 7.02. The van der Waals surface area contributed by atoms with Gasteiger partial charge in [0.2, 0.25) is 10.0 Å². The van der Waals surface area contributed by atoms with Gasteiger partial charge in [-0.2, -0.15) is 0 Å². The van der Waals surface area contributed by atoms with Gasteiger partial charge in [-0.1, -0.05) is 18.2 Å². The van der Waals surface area contributed by atoms with Crippen molar-refractivity contribution in [3.8, 4) is 11.1 Å². The second-order valence-electron chi connectivity index (χ2n) is 5.49. The molecule has 1 aliphatic rings. The predicted octanol–water partition coefficient (Wildman–Crippen LogP) is 1.21. The molecule has 1 fully saturated rings. The van der Waals surface area contributed by atoms with Gasteiger partial charge in [0.1, 0.15) is 0 Å². The number of nitrogens with one attached hydrogen (secondary N) is 1. The van der Waals surface area contributed by atoms with Crippen LogP contribution in [0.15, 0.2) is 53.7 Å². The summed E-state index contributed by atoms with van der Waals surface area (Å²) in [6.45, 7) is 0. The topological polar surface area (TPSA) is 93.2 Å². The molecule has 3 rings (SSSR count). The molecule has 1 aromatic carbocycles. The Morgan fingerprint density at radius 1 is 1.09 bits per heavy atom. The molecule has 0 bridgehead atoms. The molecule has 23 heavy (non-hydrogen) atoms. The number of rotatable bonds is 4. The van der Waals surface area contributed by atoms with E-state index in [1.165, 1.54) is 12.1 Å². The molecule has 0 radical (unpaired) electrons. The monoisotopic (exact) mass is 352 g/mol. The fourth-order valence-corrected chi connectivity index (χ4v) is 5.58. The van der Waals surface area contributed by atoms with Crippen LogP contribution in [0.5, 0.6) is 0 Å².